The maximum absolute atomic E-state index is 12.4. The third-order valence-electron chi connectivity index (χ3n) is 3.21. The first-order valence-corrected chi connectivity index (χ1v) is 8.17. The van der Waals surface area contributed by atoms with Gasteiger partial charge < -0.3 is 15.4 Å². The Kier molecular flexibility index (Phi) is 5.72. The summed E-state index contributed by atoms with van der Waals surface area (Å²) in [5, 5.41) is 6.65. The first-order chi connectivity index (χ1) is 9.78. The monoisotopic (exact) mass is 345 g/mol. The predicted octanol–water partition coefficient (Wildman–Crippen LogP) is 2.30. The molecular formula is C13H16ClN3O2S2. The summed E-state index contributed by atoms with van der Waals surface area (Å²) in [4.78, 5) is 18.5. The number of aromatic nitrogens is 1. The van der Waals surface area contributed by atoms with Crippen molar-refractivity contribution in [3.8, 4) is 0 Å². The van der Waals surface area contributed by atoms with Crippen molar-refractivity contribution in [1.82, 2.24) is 9.88 Å². The third-order valence-corrected chi connectivity index (χ3v) is 4.79. The molecule has 2 aromatic heterocycles. The molecule has 1 aliphatic rings. The van der Waals surface area contributed by atoms with Crippen molar-refractivity contribution in [2.45, 2.75) is 12.6 Å². The summed E-state index contributed by atoms with van der Waals surface area (Å²) in [5.74, 6) is -0.0375. The van der Waals surface area contributed by atoms with E-state index in [1.807, 2.05) is 11.4 Å². The van der Waals surface area contributed by atoms with Gasteiger partial charge in [-0.25, -0.2) is 4.98 Å². The molecular weight excluding hydrogens is 330 g/mol. The summed E-state index contributed by atoms with van der Waals surface area (Å²) in [5.41, 5.74) is 7.15. The summed E-state index contributed by atoms with van der Waals surface area (Å²) in [6.45, 7) is 2.11. The fourth-order valence-corrected chi connectivity index (χ4v) is 3.51. The lowest BCUT2D eigenvalue weighted by Crippen LogP contribution is -2.42. The average molecular weight is 346 g/mol. The molecule has 3 rings (SSSR count). The number of rotatable bonds is 3. The van der Waals surface area contributed by atoms with E-state index in [1.165, 1.54) is 11.3 Å². The lowest BCUT2D eigenvalue weighted by molar-refractivity contribution is -0.0228. The van der Waals surface area contributed by atoms with E-state index in [4.69, 9.17) is 10.5 Å². The van der Waals surface area contributed by atoms with Gasteiger partial charge in [0.15, 0.2) is 0 Å². The molecule has 1 aliphatic heterocycles. The van der Waals surface area contributed by atoms with E-state index in [0.29, 0.717) is 31.9 Å². The van der Waals surface area contributed by atoms with Gasteiger partial charge >= 0.3 is 0 Å². The van der Waals surface area contributed by atoms with Gasteiger partial charge in [0.1, 0.15) is 16.8 Å². The zero-order valence-electron chi connectivity index (χ0n) is 11.2. The Morgan fingerprint density at radius 1 is 1.52 bits per heavy atom. The van der Waals surface area contributed by atoms with Crippen LogP contribution in [0.25, 0.3) is 0 Å². The number of hydrogen-bond acceptors (Lipinski definition) is 6. The Labute approximate surface area is 137 Å². The number of carbonyl (C=O) groups is 1. The van der Waals surface area contributed by atoms with Gasteiger partial charge in [0.25, 0.3) is 5.91 Å². The first-order valence-electron chi connectivity index (χ1n) is 6.35. The first kappa shape index (κ1) is 16.4. The minimum atomic E-state index is -0.0375. The maximum Gasteiger partial charge on any atom is 0.273 e. The van der Waals surface area contributed by atoms with Gasteiger partial charge in [-0.05, 0) is 22.4 Å². The van der Waals surface area contributed by atoms with Crippen LogP contribution in [-0.4, -0.2) is 35.5 Å². The molecule has 0 aromatic carbocycles. The number of ether oxygens (including phenoxy) is 1. The highest BCUT2D eigenvalue weighted by molar-refractivity contribution is 7.09. The second kappa shape index (κ2) is 7.33. The zero-order chi connectivity index (χ0) is 13.9. The SMILES string of the molecule is Cl.NCc1nc(C(=O)N2CCOC(c3ccsc3)C2)cs1. The molecule has 1 saturated heterocycles. The third kappa shape index (κ3) is 3.61. The normalized spacial score (nSPS) is 18.3. The van der Waals surface area contributed by atoms with Crippen LogP contribution >= 0.6 is 35.1 Å². The highest BCUT2D eigenvalue weighted by Crippen LogP contribution is 2.25. The van der Waals surface area contributed by atoms with Gasteiger partial charge in [-0.2, -0.15) is 11.3 Å². The van der Waals surface area contributed by atoms with Crippen LogP contribution in [0.1, 0.15) is 27.2 Å². The number of thiazole rings is 1. The van der Waals surface area contributed by atoms with Crippen LogP contribution in [0.4, 0.5) is 0 Å². The largest absolute Gasteiger partial charge is 0.370 e. The lowest BCUT2D eigenvalue weighted by Gasteiger charge is -2.32. The van der Waals surface area contributed by atoms with Gasteiger partial charge in [0, 0.05) is 18.5 Å². The van der Waals surface area contributed by atoms with E-state index >= 15 is 0 Å². The standard InChI is InChI=1S/C13H15N3O2S2.ClH/c14-5-12-15-10(8-20-12)13(17)16-2-3-18-11(6-16)9-1-4-19-7-9;/h1,4,7-8,11H,2-3,5-6,14H2;1H. The predicted molar refractivity (Wildman–Crippen MR) is 86.2 cm³/mol. The number of thiophene rings is 1. The quantitative estimate of drug-likeness (QED) is 0.926. The molecule has 2 N–H and O–H groups in total. The Bertz CT molecular complexity index is 588. The summed E-state index contributed by atoms with van der Waals surface area (Å²) in [6.07, 6.45) is -0.0356. The number of hydrogen-bond donors (Lipinski definition) is 1. The van der Waals surface area contributed by atoms with Crippen LogP contribution < -0.4 is 5.73 Å². The van der Waals surface area contributed by atoms with Crippen molar-refractivity contribution >= 4 is 41.0 Å². The van der Waals surface area contributed by atoms with Crippen molar-refractivity contribution in [2.75, 3.05) is 19.7 Å². The topological polar surface area (TPSA) is 68.5 Å². The van der Waals surface area contributed by atoms with Crippen LogP contribution in [0.15, 0.2) is 22.2 Å². The molecule has 1 unspecified atom stereocenters. The molecule has 1 amide bonds. The van der Waals surface area contributed by atoms with Crippen molar-refractivity contribution in [3.05, 3.63) is 38.5 Å². The fourth-order valence-electron chi connectivity index (χ4n) is 2.16. The molecule has 0 radical (unpaired) electrons. The van der Waals surface area contributed by atoms with E-state index < -0.39 is 0 Å². The van der Waals surface area contributed by atoms with Crippen LogP contribution in [-0.2, 0) is 11.3 Å². The number of morpholine rings is 1. The van der Waals surface area contributed by atoms with Gasteiger partial charge in [-0.3, -0.25) is 4.79 Å². The molecule has 0 bridgehead atoms. The molecule has 1 atom stereocenters. The van der Waals surface area contributed by atoms with Gasteiger partial charge in [0.05, 0.1) is 13.2 Å². The Hall–Kier alpha value is -0.990. The second-order valence-electron chi connectivity index (χ2n) is 4.50. The van der Waals surface area contributed by atoms with Gasteiger partial charge in [-0.1, -0.05) is 0 Å². The number of amides is 1. The summed E-state index contributed by atoms with van der Waals surface area (Å²) in [6, 6.07) is 2.04. The van der Waals surface area contributed by atoms with Gasteiger partial charge in [0.2, 0.25) is 0 Å². The smallest absolute Gasteiger partial charge is 0.273 e. The highest BCUT2D eigenvalue weighted by atomic mass is 35.5. The molecule has 3 heterocycles. The molecule has 5 nitrogen and oxygen atoms in total. The molecule has 8 heteroatoms. The van der Waals surface area contributed by atoms with E-state index in [1.54, 1.807) is 21.6 Å². The maximum atomic E-state index is 12.4. The van der Waals surface area contributed by atoms with Crippen molar-refractivity contribution in [2.24, 2.45) is 5.73 Å². The molecule has 114 valence electrons. The molecule has 0 saturated carbocycles. The minimum absolute atomic E-state index is 0. The number of carbonyl (C=O) groups excluding carboxylic acids is 1. The number of halogens is 1. The van der Waals surface area contributed by atoms with Crippen LogP contribution in [0.5, 0.6) is 0 Å². The summed E-state index contributed by atoms with van der Waals surface area (Å²) < 4.78 is 5.74. The highest BCUT2D eigenvalue weighted by Gasteiger charge is 2.27. The molecule has 0 aliphatic carbocycles. The summed E-state index contributed by atoms with van der Waals surface area (Å²) in [7, 11) is 0. The number of nitrogens with zero attached hydrogens (tertiary/aromatic N) is 2. The average Bonchev–Trinajstić information content (AvgIpc) is 3.17. The minimum Gasteiger partial charge on any atom is -0.370 e. The molecule has 0 spiro atoms. The van der Waals surface area contributed by atoms with Crippen LogP contribution in [0.2, 0.25) is 0 Å². The van der Waals surface area contributed by atoms with Crippen molar-refractivity contribution < 1.29 is 9.53 Å². The Balaban J connectivity index is 0.00000161. The molecule has 2 aromatic rings. The van der Waals surface area contributed by atoms with Crippen molar-refractivity contribution in [3.63, 3.8) is 0 Å². The molecule has 21 heavy (non-hydrogen) atoms. The van der Waals surface area contributed by atoms with Crippen molar-refractivity contribution in [1.29, 1.82) is 0 Å². The van der Waals surface area contributed by atoms with Crippen LogP contribution in [0.3, 0.4) is 0 Å². The van der Waals surface area contributed by atoms with E-state index in [-0.39, 0.29) is 24.4 Å². The van der Waals surface area contributed by atoms with Crippen LogP contribution in [0, 0.1) is 0 Å². The second-order valence-corrected chi connectivity index (χ2v) is 6.22. The van der Waals surface area contributed by atoms with E-state index in [9.17, 15) is 4.79 Å². The number of nitrogens with two attached hydrogens (primary N) is 1. The Morgan fingerprint density at radius 3 is 3.05 bits per heavy atom. The fraction of sp³-hybridized carbons (Fsp3) is 0.385. The summed E-state index contributed by atoms with van der Waals surface area (Å²) >= 11 is 3.06. The van der Waals surface area contributed by atoms with E-state index in [2.05, 4.69) is 10.4 Å². The van der Waals surface area contributed by atoms with Gasteiger partial charge in [-0.15, -0.1) is 23.7 Å². The zero-order valence-corrected chi connectivity index (χ0v) is 13.7. The van der Waals surface area contributed by atoms with E-state index in [0.717, 1.165) is 10.6 Å². The Morgan fingerprint density at radius 2 is 2.38 bits per heavy atom. The lowest BCUT2D eigenvalue weighted by atomic mass is 10.1. The molecule has 1 fully saturated rings.